The summed E-state index contributed by atoms with van der Waals surface area (Å²) in [4.78, 5) is 47.3. The molecule has 0 unspecified atom stereocenters. The lowest BCUT2D eigenvalue weighted by molar-refractivity contribution is -0.124. The highest BCUT2D eigenvalue weighted by molar-refractivity contribution is 8.04. The lowest BCUT2D eigenvalue weighted by Crippen LogP contribution is -2.24. The number of aromatic nitrogens is 2. The summed E-state index contributed by atoms with van der Waals surface area (Å²) in [6.07, 6.45) is 1.18. The van der Waals surface area contributed by atoms with Gasteiger partial charge in [0.15, 0.2) is 5.69 Å². The van der Waals surface area contributed by atoms with Gasteiger partial charge in [0.2, 0.25) is 17.5 Å². The Morgan fingerprint density at radius 2 is 2.12 bits per heavy atom. The van der Waals surface area contributed by atoms with Crippen LogP contribution in [0.4, 0.5) is 0 Å². The van der Waals surface area contributed by atoms with Gasteiger partial charge in [-0.15, -0.1) is 11.8 Å². The summed E-state index contributed by atoms with van der Waals surface area (Å²) in [5, 5.41) is 8.49. The Kier molecular flexibility index (Phi) is 5.88. The number of carbonyl (C=O) groups excluding carboxylic acids is 4. The SMILES string of the molecule is CNC(=O)COCCSC1=CC(=O)c2n[nH]c(C(=O)OC)c2C1=O. The van der Waals surface area contributed by atoms with Gasteiger partial charge in [-0.3, -0.25) is 19.5 Å². The molecule has 10 heteroatoms. The van der Waals surface area contributed by atoms with E-state index in [4.69, 9.17) is 4.74 Å². The first-order chi connectivity index (χ1) is 11.5. The predicted octanol–water partition coefficient (Wildman–Crippen LogP) is -0.0450. The average molecular weight is 353 g/mol. The van der Waals surface area contributed by atoms with Crippen molar-refractivity contribution in [2.24, 2.45) is 0 Å². The van der Waals surface area contributed by atoms with E-state index in [9.17, 15) is 19.2 Å². The number of hydrogen-bond donors (Lipinski definition) is 2. The van der Waals surface area contributed by atoms with Crippen molar-refractivity contribution in [3.05, 3.63) is 27.9 Å². The van der Waals surface area contributed by atoms with Gasteiger partial charge in [-0.25, -0.2) is 4.79 Å². The lowest BCUT2D eigenvalue weighted by Gasteiger charge is -2.11. The number of ether oxygens (including phenoxy) is 2. The number of nitrogens with zero attached hydrogens (tertiary/aromatic N) is 1. The molecule has 24 heavy (non-hydrogen) atoms. The molecule has 1 aliphatic carbocycles. The van der Waals surface area contributed by atoms with Crippen LogP contribution in [0, 0.1) is 0 Å². The van der Waals surface area contributed by atoms with Crippen LogP contribution >= 0.6 is 11.8 Å². The van der Waals surface area contributed by atoms with E-state index in [-0.39, 0.29) is 41.0 Å². The normalized spacial score (nSPS) is 13.3. The maximum atomic E-state index is 12.5. The number of likely N-dealkylation sites (N-methyl/N-ethyl adjacent to an activating group) is 1. The summed E-state index contributed by atoms with van der Waals surface area (Å²) in [5.74, 6) is -1.61. The van der Waals surface area contributed by atoms with Crippen LogP contribution in [0.5, 0.6) is 0 Å². The number of nitrogens with one attached hydrogen (secondary N) is 2. The summed E-state index contributed by atoms with van der Waals surface area (Å²) < 4.78 is 9.69. The lowest BCUT2D eigenvalue weighted by atomic mass is 9.99. The number of fused-ring (bicyclic) bond motifs is 1. The minimum absolute atomic E-state index is 0.0804. The zero-order valence-electron chi connectivity index (χ0n) is 13.0. The molecule has 0 saturated heterocycles. The van der Waals surface area contributed by atoms with E-state index in [2.05, 4.69) is 20.3 Å². The highest BCUT2D eigenvalue weighted by atomic mass is 32.2. The maximum absolute atomic E-state index is 12.5. The van der Waals surface area contributed by atoms with Crippen molar-refractivity contribution in [1.29, 1.82) is 0 Å². The molecule has 0 radical (unpaired) electrons. The number of aromatic amines is 1. The van der Waals surface area contributed by atoms with Crippen LogP contribution in [-0.4, -0.2) is 66.8 Å². The number of rotatable bonds is 7. The molecular weight excluding hydrogens is 338 g/mol. The van der Waals surface area contributed by atoms with Gasteiger partial charge in [0.25, 0.3) is 0 Å². The number of H-pyrrole nitrogens is 1. The average Bonchev–Trinajstić information content (AvgIpc) is 3.03. The molecule has 0 spiro atoms. The van der Waals surface area contributed by atoms with Crippen molar-refractivity contribution in [3.63, 3.8) is 0 Å². The number of methoxy groups -OCH3 is 1. The number of Topliss-reactive ketones (excluding diaryl/α,β-unsaturated/α-hetero) is 1. The number of allylic oxidation sites excluding steroid dienone is 2. The molecule has 0 bridgehead atoms. The first kappa shape index (κ1) is 17.9. The fourth-order valence-electron chi connectivity index (χ4n) is 1.92. The van der Waals surface area contributed by atoms with Gasteiger partial charge in [-0.05, 0) is 0 Å². The molecule has 2 rings (SSSR count). The van der Waals surface area contributed by atoms with E-state index in [0.717, 1.165) is 11.8 Å². The molecule has 0 aliphatic heterocycles. The molecule has 1 heterocycles. The molecule has 1 aliphatic rings. The molecular formula is C14H15N3O6S. The van der Waals surface area contributed by atoms with Crippen LogP contribution in [-0.2, 0) is 14.3 Å². The summed E-state index contributed by atoms with van der Waals surface area (Å²) in [5.41, 5.74) is -0.323. The smallest absolute Gasteiger partial charge is 0.356 e. The second-order valence-electron chi connectivity index (χ2n) is 4.59. The van der Waals surface area contributed by atoms with Crippen molar-refractivity contribution in [1.82, 2.24) is 15.5 Å². The third-order valence-electron chi connectivity index (χ3n) is 3.10. The van der Waals surface area contributed by atoms with Gasteiger partial charge in [0, 0.05) is 18.9 Å². The Balaban J connectivity index is 2.02. The Morgan fingerprint density at radius 3 is 2.79 bits per heavy atom. The molecule has 9 nitrogen and oxygen atoms in total. The molecule has 1 aromatic rings. The second kappa shape index (κ2) is 7.88. The number of carbonyl (C=O) groups is 4. The zero-order valence-corrected chi connectivity index (χ0v) is 13.8. The summed E-state index contributed by atoms with van der Waals surface area (Å²) in [6, 6.07) is 0. The van der Waals surface area contributed by atoms with Crippen LogP contribution in [0.3, 0.4) is 0 Å². The van der Waals surface area contributed by atoms with Crippen molar-refractivity contribution >= 4 is 35.2 Å². The van der Waals surface area contributed by atoms with E-state index in [1.165, 1.54) is 20.2 Å². The Hall–Kier alpha value is -2.46. The Bertz CT molecular complexity index is 724. The predicted molar refractivity (Wildman–Crippen MR) is 84.0 cm³/mol. The molecule has 0 aromatic carbocycles. The first-order valence-electron chi connectivity index (χ1n) is 6.88. The fraction of sp³-hybridized carbons (Fsp3) is 0.357. The topological polar surface area (TPSA) is 127 Å². The van der Waals surface area contributed by atoms with Crippen LogP contribution in [0.1, 0.15) is 31.3 Å². The quantitative estimate of drug-likeness (QED) is 0.516. The van der Waals surface area contributed by atoms with Crippen LogP contribution in [0.25, 0.3) is 0 Å². The summed E-state index contributed by atoms with van der Waals surface area (Å²) in [6.45, 7) is 0.139. The monoisotopic (exact) mass is 353 g/mol. The van der Waals surface area contributed by atoms with Gasteiger partial charge in [0.05, 0.1) is 24.2 Å². The van der Waals surface area contributed by atoms with Crippen molar-refractivity contribution in [2.45, 2.75) is 0 Å². The Labute approximate surface area is 141 Å². The number of thioether (sulfide) groups is 1. The standard InChI is InChI=1S/C14H15N3O6S/c1-15-9(19)6-23-3-4-24-8-5-7(18)11-10(13(8)20)12(17-16-11)14(21)22-2/h5H,3-4,6H2,1-2H3,(H,15,19)(H,16,17). The molecule has 0 saturated carbocycles. The highest BCUT2D eigenvalue weighted by Gasteiger charge is 2.34. The minimum atomic E-state index is -0.773. The number of ketones is 2. The van der Waals surface area contributed by atoms with Gasteiger partial charge >= 0.3 is 5.97 Å². The number of esters is 1. The van der Waals surface area contributed by atoms with Gasteiger partial charge in [0.1, 0.15) is 12.3 Å². The maximum Gasteiger partial charge on any atom is 0.356 e. The van der Waals surface area contributed by atoms with Gasteiger partial charge in [-0.1, -0.05) is 0 Å². The van der Waals surface area contributed by atoms with E-state index in [1.54, 1.807) is 0 Å². The van der Waals surface area contributed by atoms with Gasteiger partial charge < -0.3 is 14.8 Å². The van der Waals surface area contributed by atoms with Crippen molar-refractivity contribution in [3.8, 4) is 0 Å². The third kappa shape index (κ3) is 3.71. The van der Waals surface area contributed by atoms with Crippen LogP contribution < -0.4 is 5.32 Å². The number of amides is 1. The Morgan fingerprint density at radius 1 is 1.38 bits per heavy atom. The molecule has 0 fully saturated rings. The van der Waals surface area contributed by atoms with Crippen LogP contribution in [0.15, 0.2) is 11.0 Å². The van der Waals surface area contributed by atoms with E-state index >= 15 is 0 Å². The fourth-order valence-corrected chi connectivity index (χ4v) is 2.77. The molecule has 2 N–H and O–H groups in total. The van der Waals surface area contributed by atoms with E-state index in [0.29, 0.717) is 5.75 Å². The summed E-state index contributed by atoms with van der Waals surface area (Å²) >= 11 is 1.10. The van der Waals surface area contributed by atoms with Gasteiger partial charge in [-0.2, -0.15) is 5.10 Å². The molecule has 1 aromatic heterocycles. The second-order valence-corrected chi connectivity index (χ2v) is 5.73. The molecule has 1 amide bonds. The highest BCUT2D eigenvalue weighted by Crippen LogP contribution is 2.29. The molecule has 128 valence electrons. The minimum Gasteiger partial charge on any atom is -0.464 e. The third-order valence-corrected chi connectivity index (χ3v) is 4.08. The van der Waals surface area contributed by atoms with Crippen molar-refractivity contribution in [2.75, 3.05) is 33.1 Å². The number of hydrogen-bond acceptors (Lipinski definition) is 8. The van der Waals surface area contributed by atoms with Crippen LogP contribution in [0.2, 0.25) is 0 Å². The first-order valence-corrected chi connectivity index (χ1v) is 7.86. The largest absolute Gasteiger partial charge is 0.464 e. The van der Waals surface area contributed by atoms with E-state index in [1.807, 2.05) is 0 Å². The zero-order chi connectivity index (χ0) is 17.7. The van der Waals surface area contributed by atoms with E-state index < -0.39 is 17.5 Å². The molecule has 0 atom stereocenters. The van der Waals surface area contributed by atoms with Crippen molar-refractivity contribution < 1.29 is 28.7 Å². The summed E-state index contributed by atoms with van der Waals surface area (Å²) in [7, 11) is 2.67.